The Morgan fingerprint density at radius 1 is 1.78 bits per heavy atom. The number of allylic oxidation sites excluding steroid dienone is 1. The van der Waals surface area contributed by atoms with Crippen LogP contribution >= 0.6 is 11.1 Å². The van der Waals surface area contributed by atoms with E-state index >= 15 is 0 Å². The molecule has 9 heavy (non-hydrogen) atoms. The third-order valence-electron chi connectivity index (χ3n) is 1.07. The molecule has 0 rings (SSSR count). The van der Waals surface area contributed by atoms with Gasteiger partial charge in [-0.25, -0.2) is 0 Å². The van der Waals surface area contributed by atoms with E-state index in [1.807, 2.05) is 12.6 Å². The van der Waals surface area contributed by atoms with Crippen molar-refractivity contribution in [2.45, 2.75) is 19.5 Å². The largest absolute Gasteiger partial charge is 0.180 e. The molecule has 52 valence electrons. The van der Waals surface area contributed by atoms with Gasteiger partial charge < -0.3 is 0 Å². The van der Waals surface area contributed by atoms with Crippen molar-refractivity contribution < 1.29 is 0 Å². The van der Waals surface area contributed by atoms with E-state index in [1.54, 1.807) is 0 Å². The van der Waals surface area contributed by atoms with E-state index < -0.39 is 7.38 Å². The first-order valence-electron chi connectivity index (χ1n) is 2.95. The molecule has 0 aromatic rings. The van der Waals surface area contributed by atoms with Crippen molar-refractivity contribution in [2.24, 2.45) is 0 Å². The van der Waals surface area contributed by atoms with Crippen molar-refractivity contribution in [2.75, 3.05) is 0 Å². The van der Waals surface area contributed by atoms with Crippen molar-refractivity contribution >= 4 is 18.5 Å². The molecule has 0 bridgehead atoms. The third-order valence-corrected chi connectivity index (χ3v) is 4.08. The van der Waals surface area contributed by atoms with E-state index in [2.05, 4.69) is 19.7 Å². The van der Waals surface area contributed by atoms with E-state index in [0.717, 1.165) is 11.6 Å². The van der Waals surface area contributed by atoms with E-state index in [9.17, 15) is 0 Å². The lowest BCUT2D eigenvalue weighted by atomic mass is 10.4. The maximum atomic E-state index is 6.08. The van der Waals surface area contributed by atoms with Gasteiger partial charge in [0.25, 0.3) is 0 Å². The highest BCUT2D eigenvalue weighted by atomic mass is 35.6. The quantitative estimate of drug-likeness (QED) is 0.338. The molecule has 0 aliphatic carbocycles. The smallest absolute Gasteiger partial charge is 0.162 e. The van der Waals surface area contributed by atoms with Gasteiger partial charge in [0.15, 0.2) is 7.38 Å². The summed E-state index contributed by atoms with van der Waals surface area (Å²) in [5.41, 5.74) is 3.03. The lowest BCUT2D eigenvalue weighted by molar-refractivity contribution is 1.37. The average molecular weight is 161 g/mol. The average Bonchev–Trinajstić information content (AvgIpc) is 1.63. The summed E-state index contributed by atoms with van der Waals surface area (Å²) in [5.74, 6) is 0. The lowest BCUT2D eigenvalue weighted by Crippen LogP contribution is -2.18. The van der Waals surface area contributed by atoms with Crippen LogP contribution in [0.25, 0.3) is 0 Å². The molecule has 0 heterocycles. The van der Waals surface area contributed by atoms with Crippen LogP contribution in [0.15, 0.2) is 24.4 Å². The van der Waals surface area contributed by atoms with Crippen molar-refractivity contribution in [1.82, 2.24) is 0 Å². The zero-order valence-electron chi connectivity index (χ0n) is 6.08. The molecule has 0 saturated carbocycles. The predicted molar refractivity (Wildman–Crippen MR) is 47.3 cm³/mol. The summed E-state index contributed by atoms with van der Waals surface area (Å²) in [6.45, 7) is 11.5. The molecule has 0 N–H and O–H groups in total. The summed E-state index contributed by atoms with van der Waals surface area (Å²) in [6, 6.07) is 0.943. The highest BCUT2D eigenvalue weighted by Crippen LogP contribution is 2.19. The summed E-state index contributed by atoms with van der Waals surface area (Å²) >= 11 is 6.08. The molecular weight excluding hydrogens is 148 g/mol. The molecule has 0 aliphatic rings. The molecule has 0 saturated heterocycles. The molecule has 0 spiro atoms. The molecule has 0 radical (unpaired) electrons. The van der Waals surface area contributed by atoms with Crippen molar-refractivity contribution in [3.8, 4) is 0 Å². The summed E-state index contributed by atoms with van der Waals surface area (Å²) in [4.78, 5) is 0. The van der Waals surface area contributed by atoms with Gasteiger partial charge in [0.2, 0.25) is 0 Å². The van der Waals surface area contributed by atoms with Crippen LogP contribution in [0, 0.1) is 0 Å². The zero-order valence-corrected chi connectivity index (χ0v) is 7.83. The van der Waals surface area contributed by atoms with Gasteiger partial charge in [-0.05, 0) is 13.0 Å². The van der Waals surface area contributed by atoms with Crippen LogP contribution in [-0.2, 0) is 0 Å². The predicted octanol–water partition coefficient (Wildman–Crippen LogP) is 3.10. The zero-order chi connectivity index (χ0) is 7.49. The fourth-order valence-electron chi connectivity index (χ4n) is 0.662. The summed E-state index contributed by atoms with van der Waals surface area (Å²) in [6.07, 6.45) is 0. The molecule has 0 aromatic carbocycles. The van der Waals surface area contributed by atoms with E-state index in [1.165, 1.54) is 0 Å². The molecule has 2 heteroatoms. The van der Waals surface area contributed by atoms with Crippen LogP contribution in [-0.4, -0.2) is 7.38 Å². The molecule has 0 amide bonds. The minimum atomic E-state index is -1.60. The topological polar surface area (TPSA) is 0 Å². The molecular formula is C7H13ClSi. The van der Waals surface area contributed by atoms with Crippen LogP contribution in [0.2, 0.25) is 12.6 Å². The number of rotatable bonds is 3. The van der Waals surface area contributed by atoms with Crippen LogP contribution < -0.4 is 0 Å². The molecule has 0 fully saturated rings. The standard InChI is InChI=1S/C7H13ClSi/c1-5-9(4,8)6-7(2)3/h5H,1-2,6H2,3-4H3. The minimum Gasteiger partial charge on any atom is -0.162 e. The first kappa shape index (κ1) is 8.99. The van der Waals surface area contributed by atoms with Gasteiger partial charge in [-0.1, -0.05) is 17.8 Å². The Morgan fingerprint density at radius 2 is 2.22 bits per heavy atom. The second-order valence-corrected chi connectivity index (χ2v) is 8.52. The molecule has 0 aliphatic heterocycles. The van der Waals surface area contributed by atoms with Gasteiger partial charge in [0.1, 0.15) is 0 Å². The van der Waals surface area contributed by atoms with Crippen LogP contribution in [0.1, 0.15) is 6.92 Å². The van der Waals surface area contributed by atoms with E-state index in [-0.39, 0.29) is 0 Å². The van der Waals surface area contributed by atoms with Crippen LogP contribution in [0.3, 0.4) is 0 Å². The third kappa shape index (κ3) is 4.49. The van der Waals surface area contributed by atoms with E-state index in [4.69, 9.17) is 11.1 Å². The Balaban J connectivity index is 3.86. The Labute approximate surface area is 62.9 Å². The van der Waals surface area contributed by atoms with Crippen molar-refractivity contribution in [3.05, 3.63) is 24.4 Å². The highest BCUT2D eigenvalue weighted by Gasteiger charge is 2.18. The Morgan fingerprint density at radius 3 is 2.33 bits per heavy atom. The summed E-state index contributed by atoms with van der Waals surface area (Å²) in [5, 5.41) is 0. The maximum Gasteiger partial charge on any atom is 0.180 e. The van der Waals surface area contributed by atoms with Gasteiger partial charge >= 0.3 is 0 Å². The fourth-order valence-corrected chi connectivity index (χ4v) is 2.67. The second-order valence-electron chi connectivity index (χ2n) is 2.62. The number of hydrogen-bond acceptors (Lipinski definition) is 0. The van der Waals surface area contributed by atoms with Crippen LogP contribution in [0.5, 0.6) is 0 Å². The molecule has 0 aromatic heterocycles. The van der Waals surface area contributed by atoms with Gasteiger partial charge in [-0.15, -0.1) is 13.2 Å². The molecule has 0 nitrogen and oxygen atoms in total. The van der Waals surface area contributed by atoms with Gasteiger partial charge in [0.05, 0.1) is 0 Å². The van der Waals surface area contributed by atoms with Crippen molar-refractivity contribution in [1.29, 1.82) is 0 Å². The van der Waals surface area contributed by atoms with Crippen LogP contribution in [0.4, 0.5) is 0 Å². The SMILES string of the molecule is C=C[Si](C)(Cl)CC(=C)C. The minimum absolute atomic E-state index is 0.943. The lowest BCUT2D eigenvalue weighted by Gasteiger charge is -2.12. The van der Waals surface area contributed by atoms with E-state index in [0.29, 0.717) is 0 Å². The van der Waals surface area contributed by atoms with Crippen molar-refractivity contribution in [3.63, 3.8) is 0 Å². The Hall–Kier alpha value is -0.0131. The first-order chi connectivity index (χ1) is 3.98. The summed E-state index contributed by atoms with van der Waals surface area (Å²) < 4.78 is 0. The molecule has 1 atom stereocenters. The Bertz CT molecular complexity index is 127. The first-order valence-corrected chi connectivity index (χ1v) is 6.74. The van der Waals surface area contributed by atoms with Gasteiger partial charge in [0, 0.05) is 0 Å². The maximum absolute atomic E-state index is 6.08. The fraction of sp³-hybridized carbons (Fsp3) is 0.429. The van der Waals surface area contributed by atoms with Gasteiger partial charge in [-0.3, -0.25) is 0 Å². The normalized spacial score (nSPS) is 16.3. The van der Waals surface area contributed by atoms with Gasteiger partial charge in [-0.2, -0.15) is 11.1 Å². The Kier molecular flexibility index (Phi) is 3.23. The monoisotopic (exact) mass is 160 g/mol. The summed E-state index contributed by atoms with van der Waals surface area (Å²) in [7, 11) is -1.60. The number of halogens is 1. The highest BCUT2D eigenvalue weighted by molar-refractivity contribution is 7.22. The second kappa shape index (κ2) is 3.23. The number of hydrogen-bond donors (Lipinski definition) is 0. The molecule has 1 unspecified atom stereocenters.